The van der Waals surface area contributed by atoms with Crippen molar-refractivity contribution in [3.63, 3.8) is 0 Å². The number of hydrogen-bond acceptors (Lipinski definition) is 4. The van der Waals surface area contributed by atoms with Gasteiger partial charge in [0.25, 0.3) is 0 Å². The van der Waals surface area contributed by atoms with Crippen LogP contribution in [0.2, 0.25) is 0 Å². The topological polar surface area (TPSA) is 27.7 Å². The molecule has 0 aliphatic carbocycles. The monoisotopic (exact) mass is 297 g/mol. The summed E-state index contributed by atoms with van der Waals surface area (Å²) in [6.07, 6.45) is 5.68. The summed E-state index contributed by atoms with van der Waals surface area (Å²) in [7, 11) is 0. The molecular weight excluding hydrogens is 262 g/mol. The minimum Gasteiger partial charge on any atom is -0.374 e. The van der Waals surface area contributed by atoms with E-state index in [1.54, 1.807) is 0 Å². The molecule has 2 aliphatic heterocycles. The largest absolute Gasteiger partial charge is 0.374 e. The molecule has 4 heteroatoms. The molecule has 3 atom stereocenters. The number of morpholine rings is 1. The summed E-state index contributed by atoms with van der Waals surface area (Å²) in [6.45, 7) is 14.6. The van der Waals surface area contributed by atoms with Crippen LogP contribution < -0.4 is 5.32 Å². The highest BCUT2D eigenvalue weighted by Crippen LogP contribution is 2.21. The van der Waals surface area contributed by atoms with Crippen molar-refractivity contribution in [3.8, 4) is 0 Å². The van der Waals surface area contributed by atoms with E-state index in [1.807, 2.05) is 0 Å². The van der Waals surface area contributed by atoms with Crippen LogP contribution in [0.15, 0.2) is 0 Å². The van der Waals surface area contributed by atoms with Gasteiger partial charge in [0, 0.05) is 31.7 Å². The van der Waals surface area contributed by atoms with Gasteiger partial charge in [-0.1, -0.05) is 20.3 Å². The number of nitrogens with one attached hydrogen (secondary N) is 1. The van der Waals surface area contributed by atoms with E-state index in [4.69, 9.17) is 4.74 Å². The predicted molar refractivity (Wildman–Crippen MR) is 88.8 cm³/mol. The van der Waals surface area contributed by atoms with Crippen LogP contribution >= 0.6 is 0 Å². The quantitative estimate of drug-likeness (QED) is 0.777. The van der Waals surface area contributed by atoms with E-state index < -0.39 is 0 Å². The second kappa shape index (κ2) is 9.09. The zero-order chi connectivity index (χ0) is 15.1. The fourth-order valence-electron chi connectivity index (χ4n) is 3.76. The van der Waals surface area contributed by atoms with Crippen LogP contribution in [0.1, 0.15) is 46.5 Å². The Morgan fingerprint density at radius 1 is 1.24 bits per heavy atom. The Morgan fingerprint density at radius 3 is 2.86 bits per heavy atom. The third-order valence-corrected chi connectivity index (χ3v) is 5.07. The molecule has 0 aromatic heterocycles. The first-order valence-electron chi connectivity index (χ1n) is 9.06. The summed E-state index contributed by atoms with van der Waals surface area (Å²) in [4.78, 5) is 5.21. The molecule has 0 aromatic carbocycles. The molecule has 2 saturated heterocycles. The van der Waals surface area contributed by atoms with Crippen LogP contribution in [0.25, 0.3) is 0 Å². The van der Waals surface area contributed by atoms with Crippen LogP contribution in [0.3, 0.4) is 0 Å². The molecule has 2 heterocycles. The Bertz CT molecular complexity index is 287. The van der Waals surface area contributed by atoms with Crippen molar-refractivity contribution >= 4 is 0 Å². The highest BCUT2D eigenvalue weighted by atomic mass is 16.5. The van der Waals surface area contributed by atoms with Crippen molar-refractivity contribution in [1.29, 1.82) is 0 Å². The summed E-state index contributed by atoms with van der Waals surface area (Å²) in [5.41, 5.74) is 0. The lowest BCUT2D eigenvalue weighted by atomic mass is 9.95. The summed E-state index contributed by atoms with van der Waals surface area (Å²) < 4.78 is 6.02. The molecule has 0 aromatic rings. The van der Waals surface area contributed by atoms with E-state index in [0.29, 0.717) is 18.2 Å². The normalized spacial score (nSPS) is 30.4. The zero-order valence-electron chi connectivity index (χ0n) is 14.3. The molecule has 2 rings (SSSR count). The fraction of sp³-hybridized carbons (Fsp3) is 1.00. The van der Waals surface area contributed by atoms with E-state index in [1.165, 1.54) is 32.2 Å². The molecular formula is C17H35N3O. The SMILES string of the molecule is CCCNC(C)C1CCCCN1CC1CN(CC)CCO1. The van der Waals surface area contributed by atoms with Crippen molar-refractivity contribution in [1.82, 2.24) is 15.1 Å². The lowest BCUT2D eigenvalue weighted by Crippen LogP contribution is -2.55. The molecule has 0 bridgehead atoms. The third-order valence-electron chi connectivity index (χ3n) is 5.07. The molecule has 1 N–H and O–H groups in total. The number of nitrogens with zero attached hydrogens (tertiary/aromatic N) is 2. The van der Waals surface area contributed by atoms with Gasteiger partial charge in [0.2, 0.25) is 0 Å². The minimum absolute atomic E-state index is 0.401. The summed E-state index contributed by atoms with van der Waals surface area (Å²) in [6, 6.07) is 1.28. The number of hydrogen-bond donors (Lipinski definition) is 1. The van der Waals surface area contributed by atoms with Crippen molar-refractivity contribution in [3.05, 3.63) is 0 Å². The van der Waals surface area contributed by atoms with Crippen molar-refractivity contribution in [2.45, 2.75) is 64.6 Å². The fourth-order valence-corrected chi connectivity index (χ4v) is 3.76. The third kappa shape index (κ3) is 5.20. The van der Waals surface area contributed by atoms with Gasteiger partial charge in [-0.2, -0.15) is 0 Å². The molecule has 124 valence electrons. The number of ether oxygens (including phenoxy) is 1. The predicted octanol–water partition coefficient (Wildman–Crippen LogP) is 1.95. The Balaban J connectivity index is 1.86. The average Bonchev–Trinajstić information content (AvgIpc) is 2.53. The molecule has 0 saturated carbocycles. The highest BCUT2D eigenvalue weighted by molar-refractivity contribution is 4.87. The standard InChI is InChI=1S/C17H35N3O/c1-4-9-18-15(3)17-8-6-7-10-20(17)14-16-13-19(5-2)11-12-21-16/h15-18H,4-14H2,1-3H3. The van der Waals surface area contributed by atoms with Gasteiger partial charge in [0.1, 0.15) is 0 Å². The maximum Gasteiger partial charge on any atom is 0.0829 e. The molecule has 3 unspecified atom stereocenters. The van der Waals surface area contributed by atoms with Crippen molar-refractivity contribution in [2.24, 2.45) is 0 Å². The van der Waals surface area contributed by atoms with Gasteiger partial charge >= 0.3 is 0 Å². The highest BCUT2D eigenvalue weighted by Gasteiger charge is 2.30. The van der Waals surface area contributed by atoms with E-state index in [2.05, 4.69) is 35.9 Å². The molecule has 2 fully saturated rings. The van der Waals surface area contributed by atoms with Gasteiger partial charge in [-0.15, -0.1) is 0 Å². The van der Waals surface area contributed by atoms with Gasteiger partial charge in [0.05, 0.1) is 12.7 Å². The van der Waals surface area contributed by atoms with Crippen LogP contribution in [-0.2, 0) is 4.74 Å². The average molecular weight is 297 g/mol. The molecule has 0 amide bonds. The Kier molecular flexibility index (Phi) is 7.44. The Hall–Kier alpha value is -0.160. The summed E-state index contributed by atoms with van der Waals surface area (Å²) >= 11 is 0. The van der Waals surface area contributed by atoms with E-state index >= 15 is 0 Å². The lowest BCUT2D eigenvalue weighted by Gasteiger charge is -2.42. The summed E-state index contributed by atoms with van der Waals surface area (Å²) in [5.74, 6) is 0. The van der Waals surface area contributed by atoms with Crippen LogP contribution in [0.5, 0.6) is 0 Å². The van der Waals surface area contributed by atoms with Gasteiger partial charge < -0.3 is 10.1 Å². The first-order valence-corrected chi connectivity index (χ1v) is 9.06. The van der Waals surface area contributed by atoms with E-state index in [-0.39, 0.29) is 0 Å². The molecule has 21 heavy (non-hydrogen) atoms. The van der Waals surface area contributed by atoms with Crippen molar-refractivity contribution in [2.75, 3.05) is 45.9 Å². The second-order valence-corrected chi connectivity index (χ2v) is 6.69. The van der Waals surface area contributed by atoms with Crippen LogP contribution in [0.4, 0.5) is 0 Å². The first kappa shape index (κ1) is 17.2. The molecule has 0 spiro atoms. The number of piperidine rings is 1. The van der Waals surface area contributed by atoms with E-state index in [0.717, 1.165) is 39.3 Å². The zero-order valence-corrected chi connectivity index (χ0v) is 14.3. The van der Waals surface area contributed by atoms with Gasteiger partial charge in [0.15, 0.2) is 0 Å². The van der Waals surface area contributed by atoms with Gasteiger partial charge in [-0.3, -0.25) is 9.80 Å². The number of rotatable bonds is 7. The maximum atomic E-state index is 6.02. The molecule has 4 nitrogen and oxygen atoms in total. The second-order valence-electron chi connectivity index (χ2n) is 6.69. The van der Waals surface area contributed by atoms with Crippen LogP contribution in [-0.4, -0.2) is 73.9 Å². The molecule has 0 radical (unpaired) electrons. The maximum absolute atomic E-state index is 6.02. The summed E-state index contributed by atoms with van der Waals surface area (Å²) in [5, 5.41) is 3.70. The van der Waals surface area contributed by atoms with E-state index in [9.17, 15) is 0 Å². The number of likely N-dealkylation sites (N-methyl/N-ethyl adjacent to an activating group) is 1. The van der Waals surface area contributed by atoms with Crippen molar-refractivity contribution < 1.29 is 4.74 Å². The van der Waals surface area contributed by atoms with Gasteiger partial charge in [-0.05, 0) is 45.8 Å². The Labute approximate surface area is 131 Å². The minimum atomic E-state index is 0.401. The lowest BCUT2D eigenvalue weighted by molar-refractivity contribution is -0.0529. The molecule has 2 aliphatic rings. The van der Waals surface area contributed by atoms with Gasteiger partial charge in [-0.25, -0.2) is 0 Å². The smallest absolute Gasteiger partial charge is 0.0829 e. The Morgan fingerprint density at radius 2 is 2.10 bits per heavy atom. The first-order chi connectivity index (χ1) is 10.2. The van der Waals surface area contributed by atoms with Crippen LogP contribution in [0, 0.1) is 0 Å². The number of likely N-dealkylation sites (tertiary alicyclic amines) is 1.